The van der Waals surface area contributed by atoms with Crippen LogP contribution in [0.1, 0.15) is 5.56 Å². The first kappa shape index (κ1) is 11.2. The number of hydrogen-bond acceptors (Lipinski definition) is 5. The molecule has 0 unspecified atom stereocenters. The highest BCUT2D eigenvalue weighted by Crippen LogP contribution is 2.14. The maximum atomic E-state index is 11.4. The molecule has 0 aromatic heterocycles. The predicted molar refractivity (Wildman–Crippen MR) is 59.0 cm³/mol. The van der Waals surface area contributed by atoms with Crippen molar-refractivity contribution < 1.29 is 14.7 Å². The second-order valence-corrected chi connectivity index (χ2v) is 3.59. The lowest BCUT2D eigenvalue weighted by Crippen LogP contribution is -2.35. The molecule has 1 aliphatic heterocycles. The van der Waals surface area contributed by atoms with E-state index in [-0.39, 0.29) is 12.2 Å². The molecule has 0 saturated heterocycles. The van der Waals surface area contributed by atoms with E-state index < -0.39 is 17.6 Å². The van der Waals surface area contributed by atoms with Gasteiger partial charge in [-0.3, -0.25) is 19.9 Å². The number of aliphatic hydroxyl groups excluding tert-OH is 1. The van der Waals surface area contributed by atoms with Crippen LogP contribution < -0.4 is 11.2 Å². The lowest BCUT2D eigenvalue weighted by atomic mass is 10.2. The predicted octanol–water partition coefficient (Wildman–Crippen LogP) is -0.212. The van der Waals surface area contributed by atoms with Gasteiger partial charge in [0.05, 0.1) is 6.54 Å². The fraction of sp³-hybridized carbons (Fsp3) is 0.0909. The largest absolute Gasteiger partial charge is 0.501 e. The van der Waals surface area contributed by atoms with Crippen molar-refractivity contribution in [3.8, 4) is 0 Å². The minimum atomic E-state index is -0.825. The molecule has 1 aliphatic rings. The molecule has 0 bridgehead atoms. The molecular formula is C11H11N3O3. The molecule has 0 atom stereocenters. The van der Waals surface area contributed by atoms with Crippen LogP contribution in [0.4, 0.5) is 0 Å². The number of nitrogens with one attached hydrogen (secondary N) is 1. The molecule has 4 N–H and O–H groups in total. The van der Waals surface area contributed by atoms with E-state index in [1.54, 1.807) is 0 Å². The minimum absolute atomic E-state index is 0.209. The number of nitrogens with zero attached hydrogens (tertiary/aromatic N) is 1. The summed E-state index contributed by atoms with van der Waals surface area (Å²) in [5.41, 5.74) is 0.654. The first-order chi connectivity index (χ1) is 8.09. The van der Waals surface area contributed by atoms with Crippen LogP contribution >= 0.6 is 0 Å². The summed E-state index contributed by atoms with van der Waals surface area (Å²) >= 11 is 0. The summed E-state index contributed by atoms with van der Waals surface area (Å²) in [6.45, 7) is 0.223. The van der Waals surface area contributed by atoms with Gasteiger partial charge in [0.2, 0.25) is 5.76 Å². The van der Waals surface area contributed by atoms with Crippen molar-refractivity contribution in [3.05, 3.63) is 47.4 Å². The van der Waals surface area contributed by atoms with Crippen LogP contribution in [0.3, 0.4) is 0 Å². The fourth-order valence-electron chi connectivity index (χ4n) is 1.56. The molecule has 0 fully saturated rings. The fourth-order valence-corrected chi connectivity index (χ4v) is 1.56. The number of benzene rings is 1. The van der Waals surface area contributed by atoms with Crippen LogP contribution in [0.15, 0.2) is 41.8 Å². The van der Waals surface area contributed by atoms with Gasteiger partial charge in [-0.2, -0.15) is 0 Å². The minimum Gasteiger partial charge on any atom is -0.501 e. The third-order valence-corrected chi connectivity index (χ3v) is 2.36. The molecule has 1 heterocycles. The van der Waals surface area contributed by atoms with E-state index in [9.17, 15) is 14.7 Å². The van der Waals surface area contributed by atoms with E-state index in [0.717, 1.165) is 10.6 Å². The summed E-state index contributed by atoms with van der Waals surface area (Å²) in [4.78, 5) is 22.4. The van der Waals surface area contributed by atoms with E-state index in [1.165, 1.54) is 0 Å². The molecule has 2 amide bonds. The van der Waals surface area contributed by atoms with E-state index >= 15 is 0 Å². The Hall–Kier alpha value is -2.34. The van der Waals surface area contributed by atoms with Gasteiger partial charge in [0, 0.05) is 0 Å². The number of carbonyl (C=O) groups excluding carboxylic acids is 2. The lowest BCUT2D eigenvalue weighted by molar-refractivity contribution is -0.125. The van der Waals surface area contributed by atoms with Gasteiger partial charge in [-0.15, -0.1) is 0 Å². The summed E-state index contributed by atoms with van der Waals surface area (Å²) in [6, 6.07) is 9.17. The first-order valence-corrected chi connectivity index (χ1v) is 4.94. The second-order valence-electron chi connectivity index (χ2n) is 3.59. The normalized spacial score (nSPS) is 15.1. The average Bonchev–Trinajstić information content (AvgIpc) is 2.54. The molecule has 0 aliphatic carbocycles. The Morgan fingerprint density at radius 2 is 1.82 bits per heavy atom. The maximum Gasteiger partial charge on any atom is 0.295 e. The van der Waals surface area contributed by atoms with Gasteiger partial charge in [-0.05, 0) is 5.56 Å². The third-order valence-electron chi connectivity index (χ3n) is 2.36. The Kier molecular flexibility index (Phi) is 2.80. The Morgan fingerprint density at radius 1 is 1.18 bits per heavy atom. The van der Waals surface area contributed by atoms with Gasteiger partial charge < -0.3 is 5.11 Å². The molecule has 6 heteroatoms. The van der Waals surface area contributed by atoms with Crippen molar-refractivity contribution in [2.45, 2.75) is 6.54 Å². The quantitative estimate of drug-likeness (QED) is 0.381. The van der Waals surface area contributed by atoms with Crippen molar-refractivity contribution in [1.29, 1.82) is 0 Å². The summed E-state index contributed by atoms with van der Waals surface area (Å²) in [5.74, 6) is 3.50. The lowest BCUT2D eigenvalue weighted by Gasteiger charge is -2.17. The SMILES string of the molecule is NN(Cc1ccccc1)C1=C(O)C(=O)NC1=O. The van der Waals surface area contributed by atoms with Gasteiger partial charge >= 0.3 is 0 Å². The van der Waals surface area contributed by atoms with Gasteiger partial charge in [0.15, 0.2) is 5.70 Å². The number of hydrogen-bond donors (Lipinski definition) is 3. The molecule has 6 nitrogen and oxygen atoms in total. The standard InChI is InChI=1S/C11H11N3O3/c12-14(6-7-4-2-1-3-5-7)8-9(15)11(17)13-10(8)16/h1-5H,6,12H2,(H2,13,15,16,17). The number of imide groups is 1. The van der Waals surface area contributed by atoms with Crippen LogP contribution in [0.25, 0.3) is 0 Å². The summed E-state index contributed by atoms with van der Waals surface area (Å²) in [7, 11) is 0. The van der Waals surface area contributed by atoms with Crippen molar-refractivity contribution in [2.75, 3.05) is 0 Å². The number of aliphatic hydroxyl groups is 1. The molecule has 17 heavy (non-hydrogen) atoms. The van der Waals surface area contributed by atoms with Crippen LogP contribution in [0, 0.1) is 0 Å². The molecule has 88 valence electrons. The van der Waals surface area contributed by atoms with Crippen LogP contribution in [0.5, 0.6) is 0 Å². The number of nitrogens with two attached hydrogens (primary N) is 1. The topological polar surface area (TPSA) is 95.7 Å². The summed E-state index contributed by atoms with van der Waals surface area (Å²) < 4.78 is 0. The molecule has 2 rings (SSSR count). The molecule has 0 spiro atoms. The number of carbonyl (C=O) groups is 2. The van der Waals surface area contributed by atoms with Gasteiger partial charge in [-0.25, -0.2) is 5.84 Å². The first-order valence-electron chi connectivity index (χ1n) is 4.94. The zero-order valence-electron chi connectivity index (χ0n) is 8.88. The van der Waals surface area contributed by atoms with Crippen molar-refractivity contribution in [2.24, 2.45) is 5.84 Å². The number of rotatable bonds is 3. The summed E-state index contributed by atoms with van der Waals surface area (Å²) in [6.07, 6.45) is 0. The summed E-state index contributed by atoms with van der Waals surface area (Å²) in [5, 5.41) is 12.4. The van der Waals surface area contributed by atoms with Gasteiger partial charge in [-0.1, -0.05) is 30.3 Å². The Bertz CT molecular complexity index is 496. The highest BCUT2D eigenvalue weighted by atomic mass is 16.3. The number of hydrazine groups is 1. The Balaban J connectivity index is 2.19. The van der Waals surface area contributed by atoms with Crippen molar-refractivity contribution >= 4 is 11.8 Å². The van der Waals surface area contributed by atoms with E-state index in [0.29, 0.717) is 0 Å². The van der Waals surface area contributed by atoms with Crippen LogP contribution in [-0.4, -0.2) is 21.9 Å². The van der Waals surface area contributed by atoms with Crippen LogP contribution in [0.2, 0.25) is 0 Å². The molecule has 1 aromatic rings. The van der Waals surface area contributed by atoms with Gasteiger partial charge in [0.1, 0.15) is 0 Å². The Labute approximate surface area is 97.3 Å². The highest BCUT2D eigenvalue weighted by molar-refractivity contribution is 6.17. The molecule has 0 radical (unpaired) electrons. The Morgan fingerprint density at radius 3 is 2.35 bits per heavy atom. The second kappa shape index (κ2) is 4.26. The number of amides is 2. The van der Waals surface area contributed by atoms with E-state index in [1.807, 2.05) is 35.6 Å². The monoisotopic (exact) mass is 233 g/mol. The smallest absolute Gasteiger partial charge is 0.295 e. The molecule has 1 aromatic carbocycles. The zero-order valence-corrected chi connectivity index (χ0v) is 8.88. The molecule has 0 saturated carbocycles. The van der Waals surface area contributed by atoms with Crippen molar-refractivity contribution in [3.63, 3.8) is 0 Å². The van der Waals surface area contributed by atoms with Crippen molar-refractivity contribution in [1.82, 2.24) is 10.3 Å². The van der Waals surface area contributed by atoms with Gasteiger partial charge in [0.25, 0.3) is 11.8 Å². The van der Waals surface area contributed by atoms with E-state index in [4.69, 9.17) is 5.84 Å². The average molecular weight is 233 g/mol. The van der Waals surface area contributed by atoms with E-state index in [2.05, 4.69) is 0 Å². The zero-order chi connectivity index (χ0) is 12.4. The molecular weight excluding hydrogens is 222 g/mol. The third kappa shape index (κ3) is 2.11. The maximum absolute atomic E-state index is 11.4. The highest BCUT2D eigenvalue weighted by Gasteiger charge is 2.33. The van der Waals surface area contributed by atoms with Crippen LogP contribution in [-0.2, 0) is 16.1 Å².